The number of aryl methyl sites for hydroxylation is 1. The minimum Gasteiger partial charge on any atom is -0.331 e. The van der Waals surface area contributed by atoms with E-state index in [0.717, 1.165) is 17.4 Å². The third kappa shape index (κ3) is 4.35. The van der Waals surface area contributed by atoms with Crippen molar-refractivity contribution < 1.29 is 4.79 Å². The van der Waals surface area contributed by atoms with Gasteiger partial charge in [0, 0.05) is 22.5 Å². The maximum Gasteiger partial charge on any atom is 0.272 e. The van der Waals surface area contributed by atoms with Crippen LogP contribution in [-0.4, -0.2) is 24.7 Å². The molecule has 0 saturated carbocycles. The fraction of sp³-hybridized carbons (Fsp3) is 0.0476. The summed E-state index contributed by atoms with van der Waals surface area (Å²) in [5.41, 5.74) is 1.71. The molecule has 0 unspecified atom stereocenters. The Morgan fingerprint density at radius 2 is 1.77 bits per heavy atom. The summed E-state index contributed by atoms with van der Waals surface area (Å²) in [6, 6.07) is 17.6. The molecular weight excluding hydrogens is 472 g/mol. The largest absolute Gasteiger partial charge is 0.331 e. The van der Waals surface area contributed by atoms with E-state index in [4.69, 9.17) is 36.0 Å². The second-order valence-corrected chi connectivity index (χ2v) is 9.05. The van der Waals surface area contributed by atoms with Crippen LogP contribution in [0, 0.1) is 6.92 Å². The highest BCUT2D eigenvalue weighted by atomic mass is 35.5. The molecule has 0 bridgehead atoms. The lowest BCUT2D eigenvalue weighted by atomic mass is 10.3. The molecule has 31 heavy (non-hydrogen) atoms. The first kappa shape index (κ1) is 21.5. The molecule has 1 fully saturated rings. The van der Waals surface area contributed by atoms with Gasteiger partial charge in [0.1, 0.15) is 0 Å². The number of carbonyl (C=O) groups is 1. The van der Waals surface area contributed by atoms with Gasteiger partial charge in [-0.05, 0) is 55.5 Å². The first-order valence-corrected chi connectivity index (χ1v) is 11.1. The van der Waals surface area contributed by atoms with Crippen molar-refractivity contribution in [3.63, 3.8) is 0 Å². The van der Waals surface area contributed by atoms with Crippen LogP contribution in [0.15, 0.2) is 70.4 Å². The maximum atomic E-state index is 13.0. The summed E-state index contributed by atoms with van der Waals surface area (Å²) >= 11 is 18.0. The number of halogens is 1. The van der Waals surface area contributed by atoms with E-state index in [9.17, 15) is 9.59 Å². The van der Waals surface area contributed by atoms with Crippen LogP contribution in [0.5, 0.6) is 0 Å². The van der Waals surface area contributed by atoms with Crippen LogP contribution in [0.3, 0.4) is 0 Å². The van der Waals surface area contributed by atoms with Crippen LogP contribution >= 0.6 is 47.8 Å². The number of benzene rings is 2. The Morgan fingerprint density at radius 1 is 1.10 bits per heavy atom. The third-order valence-corrected chi connectivity index (χ3v) is 6.26. The van der Waals surface area contributed by atoms with Crippen molar-refractivity contribution in [1.29, 1.82) is 0 Å². The molecular formula is C21H15ClN4O2S3. The van der Waals surface area contributed by atoms with E-state index >= 15 is 0 Å². The van der Waals surface area contributed by atoms with E-state index in [1.807, 2.05) is 30.3 Å². The van der Waals surface area contributed by atoms with Crippen LogP contribution in [0.1, 0.15) is 5.69 Å². The molecule has 1 N–H and O–H groups in total. The normalized spacial score (nSPS) is 15.0. The molecule has 0 spiro atoms. The molecule has 1 saturated heterocycles. The zero-order valence-corrected chi connectivity index (χ0v) is 19.3. The standard InChI is InChI=1S/C21H15ClN4O2S3/c1-13-11-18(27)24(26(13)20(29)23-15-5-3-2-4-6-15)12-17-19(28)25(21(30)31-17)16-9-7-14(22)8-10-16/h2-12H,1H3,(H,23,29)/b17-12-. The van der Waals surface area contributed by atoms with Gasteiger partial charge in [-0.25, -0.2) is 9.36 Å². The lowest BCUT2D eigenvalue weighted by Gasteiger charge is -2.15. The summed E-state index contributed by atoms with van der Waals surface area (Å²) in [4.78, 5) is 27.4. The van der Waals surface area contributed by atoms with Gasteiger partial charge in [-0.3, -0.25) is 14.5 Å². The number of thioether (sulfide) groups is 1. The predicted octanol–water partition coefficient (Wildman–Crippen LogP) is 4.72. The number of aromatic nitrogens is 2. The number of hydrogen-bond acceptors (Lipinski definition) is 5. The molecule has 156 valence electrons. The highest BCUT2D eigenvalue weighted by molar-refractivity contribution is 8.27. The highest BCUT2D eigenvalue weighted by Gasteiger charge is 2.34. The van der Waals surface area contributed by atoms with E-state index in [2.05, 4.69) is 5.32 Å². The smallest absolute Gasteiger partial charge is 0.272 e. The van der Waals surface area contributed by atoms with Gasteiger partial charge in [-0.15, -0.1) is 0 Å². The molecule has 10 heteroatoms. The monoisotopic (exact) mass is 486 g/mol. The fourth-order valence-electron chi connectivity index (χ4n) is 3.03. The number of carbonyl (C=O) groups excluding carboxylic acids is 1. The maximum absolute atomic E-state index is 13.0. The molecule has 2 aromatic carbocycles. The van der Waals surface area contributed by atoms with E-state index < -0.39 is 0 Å². The number of thiocarbonyl (C=S) groups is 2. The van der Waals surface area contributed by atoms with Crippen LogP contribution in [-0.2, 0) is 4.79 Å². The summed E-state index contributed by atoms with van der Waals surface area (Å²) in [7, 11) is 0. The number of anilines is 2. The Bertz CT molecular complexity index is 1280. The fourth-order valence-corrected chi connectivity index (χ4v) is 4.77. The highest BCUT2D eigenvalue weighted by Crippen LogP contribution is 2.35. The number of nitrogens with one attached hydrogen (secondary N) is 1. The Kier molecular flexibility index (Phi) is 6.10. The molecule has 1 aromatic heterocycles. The Labute approximate surface area is 198 Å². The molecule has 1 aliphatic heterocycles. The van der Waals surface area contributed by atoms with Gasteiger partial charge in [0.2, 0.25) is 0 Å². The average molecular weight is 487 g/mol. The first-order valence-electron chi connectivity index (χ1n) is 9.06. The third-order valence-electron chi connectivity index (χ3n) is 4.44. The Balaban J connectivity index is 1.68. The molecule has 1 aliphatic rings. The summed E-state index contributed by atoms with van der Waals surface area (Å²) in [5, 5.41) is 3.96. The quantitative estimate of drug-likeness (QED) is 0.427. The summed E-state index contributed by atoms with van der Waals surface area (Å²) in [6.45, 7) is 1.77. The van der Waals surface area contributed by atoms with Crippen molar-refractivity contribution in [2.45, 2.75) is 6.92 Å². The van der Waals surface area contributed by atoms with Crippen molar-refractivity contribution in [2.75, 3.05) is 10.2 Å². The predicted molar refractivity (Wildman–Crippen MR) is 135 cm³/mol. The Hall–Kier alpha value is -2.72. The zero-order chi connectivity index (χ0) is 22.1. The van der Waals surface area contributed by atoms with Gasteiger partial charge in [0.25, 0.3) is 11.5 Å². The SMILES string of the molecule is Cc1cc(=O)n(/C=C2\SC(=S)N(c3ccc(Cl)cc3)C2=O)n1C(=S)Nc1ccccc1. The molecule has 0 radical (unpaired) electrons. The number of amides is 1. The van der Waals surface area contributed by atoms with Crippen molar-refractivity contribution in [1.82, 2.24) is 9.36 Å². The second-order valence-electron chi connectivity index (χ2n) is 6.55. The van der Waals surface area contributed by atoms with E-state index in [1.165, 1.54) is 21.8 Å². The number of rotatable bonds is 3. The van der Waals surface area contributed by atoms with Crippen LogP contribution in [0.25, 0.3) is 6.20 Å². The van der Waals surface area contributed by atoms with Crippen LogP contribution < -0.4 is 15.8 Å². The first-order chi connectivity index (χ1) is 14.8. The van der Waals surface area contributed by atoms with Crippen molar-refractivity contribution >= 4 is 80.7 Å². The van der Waals surface area contributed by atoms with Crippen LogP contribution in [0.4, 0.5) is 11.4 Å². The molecule has 1 amide bonds. The van der Waals surface area contributed by atoms with Gasteiger partial charge >= 0.3 is 0 Å². The lowest BCUT2D eigenvalue weighted by molar-refractivity contribution is -0.113. The van der Waals surface area contributed by atoms with Crippen molar-refractivity contribution in [3.8, 4) is 0 Å². The van der Waals surface area contributed by atoms with E-state index in [1.54, 1.807) is 35.9 Å². The van der Waals surface area contributed by atoms with Gasteiger partial charge in [-0.1, -0.05) is 53.8 Å². The van der Waals surface area contributed by atoms with E-state index in [0.29, 0.717) is 30.7 Å². The number of nitrogens with zero attached hydrogens (tertiary/aromatic N) is 3. The topological polar surface area (TPSA) is 59.3 Å². The molecule has 4 rings (SSSR count). The summed E-state index contributed by atoms with van der Waals surface area (Å²) in [5.74, 6) is -0.323. The van der Waals surface area contributed by atoms with Crippen molar-refractivity contribution in [3.05, 3.63) is 86.6 Å². The van der Waals surface area contributed by atoms with Gasteiger partial charge in [-0.2, -0.15) is 0 Å². The van der Waals surface area contributed by atoms with Gasteiger partial charge in [0.15, 0.2) is 9.43 Å². The van der Waals surface area contributed by atoms with Gasteiger partial charge < -0.3 is 5.32 Å². The Morgan fingerprint density at radius 3 is 2.45 bits per heavy atom. The molecule has 2 heterocycles. The molecule has 0 aliphatic carbocycles. The minimum atomic E-state index is -0.323. The average Bonchev–Trinajstić information content (AvgIpc) is 3.18. The minimum absolute atomic E-state index is 0.301. The summed E-state index contributed by atoms with van der Waals surface area (Å²) < 4.78 is 3.22. The van der Waals surface area contributed by atoms with Crippen molar-refractivity contribution in [2.24, 2.45) is 0 Å². The van der Waals surface area contributed by atoms with Crippen LogP contribution in [0.2, 0.25) is 5.02 Å². The zero-order valence-electron chi connectivity index (χ0n) is 16.1. The van der Waals surface area contributed by atoms with E-state index in [-0.39, 0.29) is 11.5 Å². The van der Waals surface area contributed by atoms with Gasteiger partial charge in [0.05, 0.1) is 16.8 Å². The summed E-state index contributed by atoms with van der Waals surface area (Å²) in [6.07, 6.45) is 1.46. The second kappa shape index (κ2) is 8.80. The number of hydrogen-bond donors (Lipinski definition) is 1. The molecule has 3 aromatic rings. The molecule has 6 nitrogen and oxygen atoms in total. The number of para-hydroxylation sites is 1. The lowest BCUT2D eigenvalue weighted by Crippen LogP contribution is -2.30. The molecule has 0 atom stereocenters.